The number of fused-ring (bicyclic) bond motifs is 5. The second kappa shape index (κ2) is 3.86. The lowest BCUT2D eigenvalue weighted by molar-refractivity contribution is -0.143. The van der Waals surface area contributed by atoms with Gasteiger partial charge in [0.15, 0.2) is 0 Å². The van der Waals surface area contributed by atoms with E-state index in [9.17, 15) is 9.59 Å². The molecule has 3 nitrogen and oxygen atoms in total. The molecule has 4 aliphatic rings. The molecule has 96 valence electrons. The van der Waals surface area contributed by atoms with Crippen molar-refractivity contribution in [2.75, 3.05) is 0 Å². The van der Waals surface area contributed by atoms with E-state index in [0.717, 1.165) is 25.7 Å². The number of thioether (sulfide) groups is 1. The first-order valence-corrected chi connectivity index (χ1v) is 7.92. The third-order valence-corrected chi connectivity index (χ3v) is 6.41. The van der Waals surface area contributed by atoms with Crippen molar-refractivity contribution in [1.29, 1.82) is 0 Å². The predicted octanol–water partition coefficient (Wildman–Crippen LogP) is 1.97. The van der Waals surface area contributed by atoms with Crippen molar-refractivity contribution in [2.24, 2.45) is 11.8 Å². The van der Waals surface area contributed by atoms with Gasteiger partial charge in [-0.3, -0.25) is 14.5 Å². The molecule has 4 heteroatoms. The van der Waals surface area contributed by atoms with Gasteiger partial charge in [-0.1, -0.05) is 31.4 Å². The Morgan fingerprint density at radius 3 is 2.06 bits per heavy atom. The van der Waals surface area contributed by atoms with Crippen LogP contribution in [0.3, 0.4) is 0 Å². The second-order valence-corrected chi connectivity index (χ2v) is 7.20. The highest BCUT2D eigenvalue weighted by atomic mass is 32.2. The summed E-state index contributed by atoms with van der Waals surface area (Å²) >= 11 is 1.80. The summed E-state index contributed by atoms with van der Waals surface area (Å²) in [5.74, 6) is 0.168. The van der Waals surface area contributed by atoms with E-state index >= 15 is 0 Å². The molecule has 1 aliphatic carbocycles. The number of carbonyl (C=O) groups is 2. The van der Waals surface area contributed by atoms with Gasteiger partial charge < -0.3 is 0 Å². The topological polar surface area (TPSA) is 37.4 Å². The van der Waals surface area contributed by atoms with E-state index in [1.165, 1.54) is 6.42 Å². The van der Waals surface area contributed by atoms with E-state index in [1.54, 1.807) is 16.7 Å². The van der Waals surface area contributed by atoms with Crippen LogP contribution in [0.4, 0.5) is 0 Å². The molecule has 2 bridgehead atoms. The molecule has 2 saturated heterocycles. The van der Waals surface area contributed by atoms with Crippen molar-refractivity contribution in [3.63, 3.8) is 0 Å². The number of imide groups is 1. The van der Waals surface area contributed by atoms with Gasteiger partial charge in [-0.15, -0.1) is 11.8 Å². The van der Waals surface area contributed by atoms with E-state index in [0.29, 0.717) is 0 Å². The van der Waals surface area contributed by atoms with Crippen molar-refractivity contribution in [3.8, 4) is 0 Å². The maximum absolute atomic E-state index is 12.5. The molecule has 18 heavy (non-hydrogen) atoms. The Morgan fingerprint density at radius 1 is 0.944 bits per heavy atom. The van der Waals surface area contributed by atoms with E-state index in [1.807, 2.05) is 0 Å². The van der Waals surface area contributed by atoms with Crippen molar-refractivity contribution in [1.82, 2.24) is 4.90 Å². The first-order valence-electron chi connectivity index (χ1n) is 6.98. The molecule has 2 amide bonds. The fourth-order valence-electron chi connectivity index (χ4n) is 4.03. The molecule has 4 atom stereocenters. The lowest BCUT2D eigenvalue weighted by atomic mass is 9.85. The van der Waals surface area contributed by atoms with Crippen molar-refractivity contribution >= 4 is 23.6 Å². The Labute approximate surface area is 111 Å². The highest BCUT2D eigenvalue weighted by Gasteiger charge is 2.60. The summed E-state index contributed by atoms with van der Waals surface area (Å²) < 4.78 is 0. The first kappa shape index (κ1) is 11.1. The summed E-state index contributed by atoms with van der Waals surface area (Å²) in [6.07, 6.45) is 9.88. The molecule has 3 heterocycles. The second-order valence-electron chi connectivity index (χ2n) is 5.84. The summed E-state index contributed by atoms with van der Waals surface area (Å²) in [6.45, 7) is 0. The van der Waals surface area contributed by atoms with Crippen LogP contribution in [0.2, 0.25) is 0 Å². The summed E-state index contributed by atoms with van der Waals surface area (Å²) in [4.78, 5) is 26.7. The normalized spacial score (nSPS) is 43.0. The van der Waals surface area contributed by atoms with Crippen LogP contribution >= 0.6 is 11.8 Å². The van der Waals surface area contributed by atoms with Crippen LogP contribution in [0.5, 0.6) is 0 Å². The SMILES string of the molecule is O=C1C2C3C=CC(S3)C2C(=O)N1C1CCCCC1. The molecule has 4 rings (SSSR count). The monoisotopic (exact) mass is 263 g/mol. The van der Waals surface area contributed by atoms with Crippen LogP contribution in [0.25, 0.3) is 0 Å². The molecule has 0 radical (unpaired) electrons. The van der Waals surface area contributed by atoms with Crippen molar-refractivity contribution < 1.29 is 9.59 Å². The smallest absolute Gasteiger partial charge is 0.234 e. The Balaban J connectivity index is 1.63. The molecule has 1 saturated carbocycles. The van der Waals surface area contributed by atoms with Gasteiger partial charge >= 0.3 is 0 Å². The molecule has 0 spiro atoms. The summed E-state index contributed by atoms with van der Waals surface area (Å²) in [5, 5.41) is 0.537. The van der Waals surface area contributed by atoms with Crippen molar-refractivity contribution in [2.45, 2.75) is 48.6 Å². The molecule has 0 N–H and O–H groups in total. The largest absolute Gasteiger partial charge is 0.279 e. The lowest BCUT2D eigenvalue weighted by Crippen LogP contribution is -2.42. The number of carbonyl (C=O) groups excluding carboxylic acids is 2. The van der Waals surface area contributed by atoms with Crippen LogP contribution in [-0.4, -0.2) is 33.3 Å². The summed E-state index contributed by atoms with van der Waals surface area (Å²) in [6, 6.07) is 0.203. The quantitative estimate of drug-likeness (QED) is 0.536. The van der Waals surface area contributed by atoms with Gasteiger partial charge in [-0.2, -0.15) is 0 Å². The standard InChI is InChI=1S/C14H17NO2S/c16-13-11-9-6-7-10(18-9)12(11)14(17)15(13)8-4-2-1-3-5-8/h6-12H,1-5H2. The number of rotatable bonds is 1. The Hall–Kier alpha value is -0.770. The first-order chi connectivity index (χ1) is 8.77. The highest BCUT2D eigenvalue weighted by Crippen LogP contribution is 2.53. The Kier molecular flexibility index (Phi) is 2.38. The molecular formula is C14H17NO2S. The molecule has 3 fully saturated rings. The molecule has 0 aromatic carbocycles. The maximum Gasteiger partial charge on any atom is 0.234 e. The number of likely N-dealkylation sites (tertiary alicyclic amines) is 1. The highest BCUT2D eigenvalue weighted by molar-refractivity contribution is 8.01. The average molecular weight is 263 g/mol. The molecule has 4 unspecified atom stereocenters. The van der Waals surface area contributed by atoms with Crippen LogP contribution in [0.1, 0.15) is 32.1 Å². The minimum Gasteiger partial charge on any atom is -0.279 e. The van der Waals surface area contributed by atoms with Crippen LogP contribution in [0.15, 0.2) is 12.2 Å². The zero-order valence-corrected chi connectivity index (χ0v) is 11.1. The van der Waals surface area contributed by atoms with E-state index in [4.69, 9.17) is 0 Å². The van der Waals surface area contributed by atoms with Gasteiger partial charge in [-0.25, -0.2) is 0 Å². The van der Waals surface area contributed by atoms with Gasteiger partial charge in [0.25, 0.3) is 0 Å². The number of hydrogen-bond acceptors (Lipinski definition) is 3. The van der Waals surface area contributed by atoms with E-state index in [2.05, 4.69) is 12.2 Å². The van der Waals surface area contributed by atoms with Gasteiger partial charge in [0.1, 0.15) is 0 Å². The van der Waals surface area contributed by atoms with Crippen LogP contribution in [0, 0.1) is 11.8 Å². The molecule has 0 aromatic heterocycles. The van der Waals surface area contributed by atoms with Gasteiger partial charge in [0, 0.05) is 16.5 Å². The average Bonchev–Trinajstić information content (AvgIpc) is 3.05. The minimum atomic E-state index is -0.0422. The Bertz CT molecular complexity index is 411. The minimum absolute atomic E-state index is 0.0422. The molecular weight excluding hydrogens is 246 g/mol. The van der Waals surface area contributed by atoms with Crippen molar-refractivity contribution in [3.05, 3.63) is 12.2 Å². The summed E-state index contributed by atoms with van der Waals surface area (Å²) in [5.41, 5.74) is 0. The lowest BCUT2D eigenvalue weighted by Gasteiger charge is -2.30. The van der Waals surface area contributed by atoms with Gasteiger partial charge in [0.2, 0.25) is 11.8 Å². The number of amides is 2. The maximum atomic E-state index is 12.5. The third kappa shape index (κ3) is 1.33. The summed E-state index contributed by atoms with van der Waals surface area (Å²) in [7, 11) is 0. The molecule has 0 aromatic rings. The van der Waals surface area contributed by atoms with Gasteiger partial charge in [0.05, 0.1) is 11.8 Å². The number of hydrogen-bond donors (Lipinski definition) is 0. The zero-order chi connectivity index (χ0) is 12.3. The van der Waals surface area contributed by atoms with E-state index < -0.39 is 0 Å². The van der Waals surface area contributed by atoms with E-state index in [-0.39, 0.29) is 40.2 Å². The molecule has 3 aliphatic heterocycles. The van der Waals surface area contributed by atoms with Gasteiger partial charge in [-0.05, 0) is 12.8 Å². The third-order valence-electron chi connectivity index (χ3n) is 4.88. The van der Waals surface area contributed by atoms with Crippen LogP contribution < -0.4 is 0 Å². The predicted molar refractivity (Wildman–Crippen MR) is 70.0 cm³/mol. The number of nitrogens with zero attached hydrogens (tertiary/aromatic N) is 1. The zero-order valence-electron chi connectivity index (χ0n) is 10.2. The Morgan fingerprint density at radius 2 is 1.50 bits per heavy atom. The fourth-order valence-corrected chi connectivity index (χ4v) is 5.66. The fraction of sp³-hybridized carbons (Fsp3) is 0.714. The van der Waals surface area contributed by atoms with Crippen LogP contribution in [-0.2, 0) is 9.59 Å².